The van der Waals surface area contributed by atoms with Crippen molar-refractivity contribution >= 4 is 0 Å². The molecule has 0 radical (unpaired) electrons. The fraction of sp³-hybridized carbons (Fsp3) is 0.188. The molecule has 7 heteroatoms. The van der Waals surface area contributed by atoms with E-state index < -0.39 is 0 Å². The van der Waals surface area contributed by atoms with Gasteiger partial charge >= 0.3 is 0 Å². The Bertz CT molecular complexity index is 1670. The Kier molecular flexibility index (Phi) is 5.01. The largest absolute Gasteiger partial charge is 0.494 e. The van der Waals surface area contributed by atoms with Crippen LogP contribution >= 0.6 is 0 Å². The first kappa shape index (κ1) is 23.3. The van der Waals surface area contributed by atoms with Crippen LogP contribution in [-0.2, 0) is 7.05 Å². The lowest BCUT2D eigenvalue weighted by Gasteiger charge is -2.35. The summed E-state index contributed by atoms with van der Waals surface area (Å²) in [7, 11) is 1.61. The number of aromatic hydroxyl groups is 4. The van der Waals surface area contributed by atoms with Crippen LogP contribution in [0.3, 0.4) is 0 Å². The number of rotatable bonds is 4. The Morgan fingerprint density at radius 3 is 1.49 bits per heavy atom. The fourth-order valence-electron chi connectivity index (χ4n) is 6.36. The molecule has 2 heterocycles. The van der Waals surface area contributed by atoms with Crippen LogP contribution in [0.25, 0.3) is 16.8 Å². The topological polar surface area (TPSA) is 100 Å². The molecular formula is C32H28N2O5. The molecule has 7 nitrogen and oxygen atoms in total. The second-order valence-electron chi connectivity index (χ2n) is 10.5. The van der Waals surface area contributed by atoms with E-state index >= 15 is 0 Å². The third kappa shape index (κ3) is 3.36. The van der Waals surface area contributed by atoms with Crippen LogP contribution in [-0.4, -0.2) is 29.6 Å². The summed E-state index contributed by atoms with van der Waals surface area (Å²) in [6.45, 7) is 2.07. The summed E-state index contributed by atoms with van der Waals surface area (Å²) in [4.78, 5) is 0. The van der Waals surface area contributed by atoms with E-state index in [0.29, 0.717) is 52.3 Å². The summed E-state index contributed by atoms with van der Waals surface area (Å²) in [6, 6.07) is 23.4. The van der Waals surface area contributed by atoms with Gasteiger partial charge in [-0.05, 0) is 67.3 Å². The van der Waals surface area contributed by atoms with E-state index in [1.165, 1.54) is 14.7 Å². The SMILES string of the molecule is Cc1ccc(-c2ccc(Oc3ccc(-n4c(O)c5c(c4O)C4CCC5c5c4c(O)n(C)c5O)cc3)cc2)cc1. The number of benzene rings is 3. The minimum atomic E-state index is -0.301. The molecule has 0 saturated carbocycles. The van der Waals surface area contributed by atoms with Gasteiger partial charge in [-0.25, -0.2) is 0 Å². The van der Waals surface area contributed by atoms with Gasteiger partial charge in [0.1, 0.15) is 11.5 Å². The molecule has 8 rings (SSSR count). The van der Waals surface area contributed by atoms with Gasteiger partial charge in [0.15, 0.2) is 11.8 Å². The van der Waals surface area contributed by atoms with Crippen molar-refractivity contribution in [2.24, 2.45) is 7.05 Å². The molecule has 0 amide bonds. The monoisotopic (exact) mass is 520 g/mol. The van der Waals surface area contributed by atoms with Gasteiger partial charge < -0.3 is 25.2 Å². The van der Waals surface area contributed by atoms with Crippen molar-refractivity contribution in [3.63, 3.8) is 0 Å². The standard InChI is InChI=1S/C32H28N2O5/c1-17-3-5-18(6-4-17)19-7-11-21(12-8-19)39-22-13-9-20(10-14-22)34-31(37)27-23-15-16-24(28(27)32(34)38)26-25(23)29(35)33(2)30(26)36/h3-14,23-24,35-38H,15-16H2,1-2H3. The first-order chi connectivity index (χ1) is 18.8. The van der Waals surface area contributed by atoms with Gasteiger partial charge in [-0.3, -0.25) is 9.13 Å². The Morgan fingerprint density at radius 1 is 0.590 bits per heavy atom. The molecular weight excluding hydrogens is 492 g/mol. The number of fused-ring (bicyclic) bond motifs is 1. The highest BCUT2D eigenvalue weighted by molar-refractivity contribution is 5.69. The summed E-state index contributed by atoms with van der Waals surface area (Å²) >= 11 is 0. The molecule has 196 valence electrons. The van der Waals surface area contributed by atoms with Crippen molar-refractivity contribution in [1.82, 2.24) is 9.13 Å². The number of aromatic nitrogens is 2. The van der Waals surface area contributed by atoms with E-state index in [2.05, 4.69) is 31.2 Å². The Hall–Kier alpha value is -4.78. The van der Waals surface area contributed by atoms with Crippen LogP contribution in [0.4, 0.5) is 0 Å². The molecule has 5 aromatic rings. The highest BCUT2D eigenvalue weighted by Gasteiger charge is 2.48. The van der Waals surface area contributed by atoms with Crippen molar-refractivity contribution in [2.75, 3.05) is 0 Å². The van der Waals surface area contributed by atoms with Crippen molar-refractivity contribution in [2.45, 2.75) is 31.6 Å². The van der Waals surface area contributed by atoms with Gasteiger partial charge in [0, 0.05) is 41.1 Å². The smallest absolute Gasteiger partial charge is 0.202 e. The molecule has 2 bridgehead atoms. The zero-order valence-corrected chi connectivity index (χ0v) is 21.6. The first-order valence-electron chi connectivity index (χ1n) is 13.1. The zero-order chi connectivity index (χ0) is 27.0. The van der Waals surface area contributed by atoms with E-state index in [0.717, 1.165) is 11.1 Å². The van der Waals surface area contributed by atoms with Gasteiger partial charge in [0.25, 0.3) is 0 Å². The van der Waals surface area contributed by atoms with Gasteiger partial charge in [-0.1, -0.05) is 42.0 Å². The maximum atomic E-state index is 11.3. The van der Waals surface area contributed by atoms with E-state index in [4.69, 9.17) is 4.74 Å². The maximum Gasteiger partial charge on any atom is 0.202 e. The van der Waals surface area contributed by atoms with Gasteiger partial charge in [-0.2, -0.15) is 0 Å². The number of hydrogen-bond donors (Lipinski definition) is 4. The molecule has 2 atom stereocenters. The van der Waals surface area contributed by atoms with E-state index in [9.17, 15) is 20.4 Å². The normalized spacial score (nSPS) is 17.2. The molecule has 3 aliphatic carbocycles. The molecule has 0 aliphatic heterocycles. The lowest BCUT2D eigenvalue weighted by atomic mass is 9.66. The average molecular weight is 521 g/mol. The molecule has 3 aliphatic rings. The van der Waals surface area contributed by atoms with Crippen LogP contribution < -0.4 is 4.74 Å². The summed E-state index contributed by atoms with van der Waals surface area (Å²) in [5.74, 6) is 0.632. The Morgan fingerprint density at radius 2 is 1.00 bits per heavy atom. The van der Waals surface area contributed by atoms with Crippen LogP contribution in [0.15, 0.2) is 72.8 Å². The van der Waals surface area contributed by atoms with Crippen LogP contribution in [0.5, 0.6) is 35.0 Å². The molecule has 0 fully saturated rings. The molecule has 4 N–H and O–H groups in total. The van der Waals surface area contributed by atoms with Gasteiger partial charge in [0.05, 0.1) is 5.69 Å². The maximum absolute atomic E-state index is 11.3. The highest BCUT2D eigenvalue weighted by atomic mass is 16.5. The quantitative estimate of drug-likeness (QED) is 0.209. The molecule has 2 aromatic heterocycles. The van der Waals surface area contributed by atoms with Crippen molar-refractivity contribution < 1.29 is 25.2 Å². The lowest BCUT2D eigenvalue weighted by molar-refractivity contribution is 0.383. The number of hydrogen-bond acceptors (Lipinski definition) is 5. The molecule has 0 spiro atoms. The second kappa shape index (κ2) is 8.36. The minimum absolute atomic E-state index is 0.00268. The molecule has 3 aromatic carbocycles. The van der Waals surface area contributed by atoms with Crippen molar-refractivity contribution in [3.8, 4) is 51.8 Å². The summed E-state index contributed by atoms with van der Waals surface area (Å²) in [5, 5.41) is 43.9. The van der Waals surface area contributed by atoms with E-state index in [1.807, 2.05) is 24.3 Å². The van der Waals surface area contributed by atoms with Gasteiger partial charge in [-0.15, -0.1) is 0 Å². The predicted octanol–water partition coefficient (Wildman–Crippen LogP) is 6.78. The third-order valence-electron chi connectivity index (χ3n) is 8.31. The van der Waals surface area contributed by atoms with Crippen molar-refractivity contribution in [3.05, 3.63) is 101 Å². The molecule has 39 heavy (non-hydrogen) atoms. The summed E-state index contributed by atoms with van der Waals surface area (Å²) < 4.78 is 8.83. The zero-order valence-electron chi connectivity index (χ0n) is 21.6. The second-order valence-corrected chi connectivity index (χ2v) is 10.5. The molecule has 2 unspecified atom stereocenters. The number of nitrogens with zero attached hydrogens (tertiary/aromatic N) is 2. The Balaban J connectivity index is 1.17. The highest BCUT2D eigenvalue weighted by Crippen LogP contribution is 2.63. The molecule has 0 saturated heterocycles. The number of ether oxygens (including phenoxy) is 1. The number of aryl methyl sites for hydroxylation is 1. The summed E-state index contributed by atoms with van der Waals surface area (Å²) in [6.07, 6.45) is 1.43. The lowest BCUT2D eigenvalue weighted by Crippen LogP contribution is -2.22. The minimum Gasteiger partial charge on any atom is -0.494 e. The van der Waals surface area contributed by atoms with E-state index in [-0.39, 0.29) is 35.4 Å². The van der Waals surface area contributed by atoms with E-state index in [1.54, 1.807) is 31.3 Å². The third-order valence-corrected chi connectivity index (χ3v) is 8.31. The van der Waals surface area contributed by atoms with Crippen molar-refractivity contribution in [1.29, 1.82) is 0 Å². The fourth-order valence-corrected chi connectivity index (χ4v) is 6.36. The Labute approximate surface area is 225 Å². The summed E-state index contributed by atoms with van der Waals surface area (Å²) in [5.41, 5.74) is 6.58. The van der Waals surface area contributed by atoms with Crippen LogP contribution in [0.1, 0.15) is 52.5 Å². The average Bonchev–Trinajstić information content (AvgIpc) is 3.37. The van der Waals surface area contributed by atoms with Gasteiger partial charge in [0.2, 0.25) is 11.8 Å². The first-order valence-corrected chi connectivity index (χ1v) is 13.1. The van der Waals surface area contributed by atoms with Crippen LogP contribution in [0.2, 0.25) is 0 Å². The van der Waals surface area contributed by atoms with Crippen LogP contribution in [0, 0.1) is 6.92 Å². The predicted molar refractivity (Wildman–Crippen MR) is 147 cm³/mol.